The molecule has 0 amide bonds. The van der Waals surface area contributed by atoms with Gasteiger partial charge in [0.1, 0.15) is 11.6 Å². The third-order valence-electron chi connectivity index (χ3n) is 1.93. The fourth-order valence-corrected chi connectivity index (χ4v) is 1.55. The maximum Gasteiger partial charge on any atom is 0.148 e. The van der Waals surface area contributed by atoms with Crippen LogP contribution in [0.4, 0.5) is 8.78 Å². The van der Waals surface area contributed by atoms with Crippen LogP contribution < -0.4 is 0 Å². The van der Waals surface area contributed by atoms with Crippen molar-refractivity contribution in [2.24, 2.45) is 0 Å². The normalized spacial score (nSPS) is 13.0. The van der Waals surface area contributed by atoms with E-state index in [9.17, 15) is 8.78 Å². The average Bonchev–Trinajstić information content (AvgIpc) is 2.09. The summed E-state index contributed by atoms with van der Waals surface area (Å²) in [6, 6.07) is 1.23. The van der Waals surface area contributed by atoms with E-state index in [4.69, 9.17) is 16.7 Å². The van der Waals surface area contributed by atoms with Crippen molar-refractivity contribution in [1.82, 2.24) is 0 Å². The summed E-state index contributed by atoms with van der Waals surface area (Å²) < 4.78 is 26.7. The molecule has 0 bridgehead atoms. The van der Waals surface area contributed by atoms with Crippen molar-refractivity contribution < 1.29 is 13.9 Å². The minimum atomic E-state index is -0.795. The van der Waals surface area contributed by atoms with Gasteiger partial charge in [-0.1, -0.05) is 11.6 Å². The lowest BCUT2D eigenvalue weighted by molar-refractivity contribution is 0.192. The zero-order valence-electron chi connectivity index (χ0n) is 7.94. The molecule has 1 aromatic carbocycles. The average molecular weight is 221 g/mol. The maximum atomic E-state index is 13.4. The molecule has 0 fully saturated rings. The van der Waals surface area contributed by atoms with Gasteiger partial charge < -0.3 is 5.11 Å². The Labute approximate surface area is 86.3 Å². The van der Waals surface area contributed by atoms with Crippen LogP contribution in [0.2, 0.25) is 5.02 Å². The van der Waals surface area contributed by atoms with E-state index < -0.39 is 17.7 Å². The van der Waals surface area contributed by atoms with Crippen LogP contribution in [0, 0.1) is 18.6 Å². The minimum Gasteiger partial charge on any atom is -0.393 e. The van der Waals surface area contributed by atoms with Gasteiger partial charge >= 0.3 is 0 Å². The Morgan fingerprint density at radius 3 is 2.50 bits per heavy atom. The summed E-state index contributed by atoms with van der Waals surface area (Å²) in [5.74, 6) is -1.41. The van der Waals surface area contributed by atoms with Crippen LogP contribution in [0.3, 0.4) is 0 Å². The van der Waals surface area contributed by atoms with E-state index >= 15 is 0 Å². The van der Waals surface area contributed by atoms with Gasteiger partial charge in [-0.2, -0.15) is 0 Å². The van der Waals surface area contributed by atoms with Gasteiger partial charge in [-0.05, 0) is 25.5 Å². The highest BCUT2D eigenvalue weighted by Crippen LogP contribution is 2.25. The first-order valence-electron chi connectivity index (χ1n) is 4.24. The van der Waals surface area contributed by atoms with Gasteiger partial charge in [-0.25, -0.2) is 8.78 Å². The van der Waals surface area contributed by atoms with Crippen LogP contribution in [0.5, 0.6) is 0 Å². The van der Waals surface area contributed by atoms with Crippen LogP contribution >= 0.6 is 11.6 Å². The number of aryl methyl sites for hydroxylation is 1. The molecule has 1 N–H and O–H groups in total. The molecular formula is C10H11ClF2O. The Bertz CT molecular complexity index is 324. The van der Waals surface area contributed by atoms with Gasteiger partial charge in [0.25, 0.3) is 0 Å². The van der Waals surface area contributed by atoms with E-state index in [0.29, 0.717) is 0 Å². The Balaban J connectivity index is 3.25. The molecule has 0 aromatic heterocycles. The van der Waals surface area contributed by atoms with Gasteiger partial charge in [0, 0.05) is 12.0 Å². The van der Waals surface area contributed by atoms with Crippen LogP contribution in [0.15, 0.2) is 6.07 Å². The standard InChI is InChI=1S/C10H11ClF2O/c1-5-3-8(11)10(13)7(9(5)12)4-6(2)14/h3,6,14H,4H2,1-2H3. The van der Waals surface area contributed by atoms with E-state index in [-0.39, 0.29) is 22.6 Å². The van der Waals surface area contributed by atoms with Crippen molar-refractivity contribution in [2.45, 2.75) is 26.4 Å². The lowest BCUT2D eigenvalue weighted by Gasteiger charge is -2.10. The summed E-state index contributed by atoms with van der Waals surface area (Å²) in [6.07, 6.45) is -0.865. The third kappa shape index (κ3) is 2.22. The van der Waals surface area contributed by atoms with E-state index in [0.717, 1.165) is 0 Å². The predicted molar refractivity (Wildman–Crippen MR) is 51.5 cm³/mol. The van der Waals surface area contributed by atoms with Crippen LogP contribution in [-0.4, -0.2) is 11.2 Å². The molecule has 0 aliphatic heterocycles. The molecule has 1 atom stereocenters. The maximum absolute atomic E-state index is 13.4. The van der Waals surface area contributed by atoms with Crippen molar-refractivity contribution >= 4 is 11.6 Å². The minimum absolute atomic E-state index is 0.0704. The largest absolute Gasteiger partial charge is 0.393 e. The van der Waals surface area contributed by atoms with E-state index in [2.05, 4.69) is 0 Å². The zero-order valence-corrected chi connectivity index (χ0v) is 8.70. The van der Waals surface area contributed by atoms with Gasteiger partial charge in [-0.3, -0.25) is 0 Å². The lowest BCUT2D eigenvalue weighted by atomic mass is 10.0. The quantitative estimate of drug-likeness (QED) is 0.760. The second-order valence-corrected chi connectivity index (χ2v) is 3.74. The zero-order chi connectivity index (χ0) is 10.9. The molecule has 14 heavy (non-hydrogen) atoms. The molecule has 1 nitrogen and oxygen atoms in total. The van der Waals surface area contributed by atoms with Crippen molar-refractivity contribution in [3.05, 3.63) is 33.9 Å². The second-order valence-electron chi connectivity index (χ2n) is 3.33. The first kappa shape index (κ1) is 11.4. The highest BCUT2D eigenvalue weighted by molar-refractivity contribution is 6.30. The molecule has 1 unspecified atom stereocenters. The highest BCUT2D eigenvalue weighted by atomic mass is 35.5. The second kappa shape index (κ2) is 4.24. The fourth-order valence-electron chi connectivity index (χ4n) is 1.27. The monoisotopic (exact) mass is 220 g/mol. The molecule has 0 saturated carbocycles. The van der Waals surface area contributed by atoms with Crippen molar-refractivity contribution in [3.8, 4) is 0 Å². The number of hydrogen-bond donors (Lipinski definition) is 1. The number of aliphatic hydroxyl groups is 1. The van der Waals surface area contributed by atoms with Crippen LogP contribution in [0.1, 0.15) is 18.1 Å². The van der Waals surface area contributed by atoms with Crippen LogP contribution in [-0.2, 0) is 6.42 Å². The molecule has 1 rings (SSSR count). The molecule has 78 valence electrons. The van der Waals surface area contributed by atoms with E-state index in [1.54, 1.807) is 0 Å². The fraction of sp³-hybridized carbons (Fsp3) is 0.400. The predicted octanol–water partition coefficient (Wildman–Crippen LogP) is 2.85. The molecule has 0 saturated heterocycles. The summed E-state index contributed by atoms with van der Waals surface area (Å²) >= 11 is 5.55. The van der Waals surface area contributed by atoms with Crippen molar-refractivity contribution in [2.75, 3.05) is 0 Å². The first-order valence-corrected chi connectivity index (χ1v) is 4.62. The molecule has 0 radical (unpaired) electrons. The molecule has 0 heterocycles. The number of benzene rings is 1. The van der Waals surface area contributed by atoms with E-state index in [1.165, 1.54) is 19.9 Å². The number of rotatable bonds is 2. The molecular weight excluding hydrogens is 210 g/mol. The number of halogens is 3. The third-order valence-corrected chi connectivity index (χ3v) is 2.20. The summed E-state index contributed by atoms with van der Waals surface area (Å²) in [5, 5.41) is 8.95. The smallest absolute Gasteiger partial charge is 0.148 e. The van der Waals surface area contributed by atoms with Crippen molar-refractivity contribution in [3.63, 3.8) is 0 Å². The lowest BCUT2D eigenvalue weighted by Crippen LogP contribution is -2.09. The SMILES string of the molecule is Cc1cc(Cl)c(F)c(CC(C)O)c1F. The van der Waals surface area contributed by atoms with Crippen LogP contribution in [0.25, 0.3) is 0 Å². The summed E-state index contributed by atoms with van der Waals surface area (Å²) in [6.45, 7) is 2.97. The van der Waals surface area contributed by atoms with Crippen molar-refractivity contribution in [1.29, 1.82) is 0 Å². The highest BCUT2D eigenvalue weighted by Gasteiger charge is 2.16. The van der Waals surface area contributed by atoms with Gasteiger partial charge in [0.2, 0.25) is 0 Å². The number of hydrogen-bond acceptors (Lipinski definition) is 1. The Kier molecular flexibility index (Phi) is 3.45. The molecule has 0 aliphatic carbocycles. The summed E-state index contributed by atoms with van der Waals surface area (Å²) in [5.41, 5.74) is 0.136. The Morgan fingerprint density at radius 1 is 1.43 bits per heavy atom. The van der Waals surface area contributed by atoms with Gasteiger partial charge in [-0.15, -0.1) is 0 Å². The van der Waals surface area contributed by atoms with Gasteiger partial charge in [0.15, 0.2) is 0 Å². The molecule has 4 heteroatoms. The Hall–Kier alpha value is -0.670. The Morgan fingerprint density at radius 2 is 2.00 bits per heavy atom. The molecule has 0 spiro atoms. The molecule has 1 aromatic rings. The van der Waals surface area contributed by atoms with E-state index in [1.807, 2.05) is 0 Å². The molecule has 0 aliphatic rings. The first-order chi connectivity index (χ1) is 6.43. The van der Waals surface area contributed by atoms with Gasteiger partial charge in [0.05, 0.1) is 11.1 Å². The topological polar surface area (TPSA) is 20.2 Å². The number of aliphatic hydroxyl groups excluding tert-OH is 1. The summed E-state index contributed by atoms with van der Waals surface area (Å²) in [4.78, 5) is 0. The summed E-state index contributed by atoms with van der Waals surface area (Å²) in [7, 11) is 0.